The van der Waals surface area contributed by atoms with E-state index in [1.165, 1.54) is 0 Å². The van der Waals surface area contributed by atoms with Crippen molar-refractivity contribution in [2.45, 2.75) is 37.5 Å². The molecule has 30 heavy (non-hydrogen) atoms. The maximum atomic E-state index is 12.4. The first-order valence-electron chi connectivity index (χ1n) is 9.99. The molecule has 2 heterocycles. The van der Waals surface area contributed by atoms with Gasteiger partial charge in [0, 0.05) is 6.20 Å². The van der Waals surface area contributed by atoms with Crippen molar-refractivity contribution in [3.8, 4) is 5.75 Å². The quantitative estimate of drug-likeness (QED) is 0.557. The molecule has 7 heteroatoms. The van der Waals surface area contributed by atoms with Crippen molar-refractivity contribution in [1.29, 1.82) is 0 Å². The second-order valence-corrected chi connectivity index (χ2v) is 9.60. The van der Waals surface area contributed by atoms with Crippen LogP contribution < -0.4 is 0 Å². The van der Waals surface area contributed by atoms with E-state index < -0.39 is 27.8 Å². The van der Waals surface area contributed by atoms with E-state index in [-0.39, 0.29) is 11.5 Å². The van der Waals surface area contributed by atoms with E-state index >= 15 is 0 Å². The molecule has 0 spiro atoms. The number of rotatable bonds is 8. The number of benzene rings is 1. The monoisotopic (exact) mass is 429 g/mol. The van der Waals surface area contributed by atoms with Gasteiger partial charge in [-0.2, -0.15) is 0 Å². The van der Waals surface area contributed by atoms with Gasteiger partial charge < -0.3 is 15.3 Å². The van der Waals surface area contributed by atoms with Gasteiger partial charge in [-0.25, -0.2) is 8.42 Å². The summed E-state index contributed by atoms with van der Waals surface area (Å²) in [6.45, 7) is 1.34. The van der Waals surface area contributed by atoms with Crippen molar-refractivity contribution in [2.75, 3.05) is 12.4 Å². The summed E-state index contributed by atoms with van der Waals surface area (Å²) in [7, 11) is -3.47. The molecule has 160 valence electrons. The van der Waals surface area contributed by atoms with Crippen LogP contribution in [0, 0.1) is 0 Å². The van der Waals surface area contributed by atoms with Gasteiger partial charge in [0.2, 0.25) is 0 Å². The first kappa shape index (κ1) is 22.2. The summed E-state index contributed by atoms with van der Waals surface area (Å²) in [5.74, 6) is 0.0795. The Labute approximate surface area is 177 Å². The lowest BCUT2D eigenvalue weighted by molar-refractivity contribution is 0.190. The first-order chi connectivity index (χ1) is 14.4. The molecule has 6 nitrogen and oxygen atoms in total. The SMILES string of the molecule is CCC1=C([C@H](O)CC/C(=C/c2ccc(O)cc2)c2ccccn2)[C@H](CO)S(=O)(=O)C1. The molecule has 0 fully saturated rings. The lowest BCUT2D eigenvalue weighted by Gasteiger charge is -2.19. The topological polar surface area (TPSA) is 108 Å². The number of phenolic OH excluding ortho intramolecular Hbond substituents is 1. The van der Waals surface area contributed by atoms with Gasteiger partial charge in [0.05, 0.1) is 24.2 Å². The van der Waals surface area contributed by atoms with Crippen molar-refractivity contribution in [1.82, 2.24) is 4.98 Å². The van der Waals surface area contributed by atoms with E-state index in [9.17, 15) is 23.7 Å². The molecule has 0 radical (unpaired) electrons. The molecule has 1 aliphatic heterocycles. The predicted octanol–water partition coefficient (Wildman–Crippen LogP) is 2.96. The molecule has 3 rings (SSSR count). The van der Waals surface area contributed by atoms with Crippen LogP contribution >= 0.6 is 0 Å². The number of hydrogen-bond acceptors (Lipinski definition) is 6. The lowest BCUT2D eigenvalue weighted by Crippen LogP contribution is -2.29. The number of aromatic nitrogens is 1. The minimum Gasteiger partial charge on any atom is -0.508 e. The highest BCUT2D eigenvalue weighted by molar-refractivity contribution is 7.92. The molecule has 0 aliphatic carbocycles. The van der Waals surface area contributed by atoms with Gasteiger partial charge in [-0.15, -0.1) is 0 Å². The van der Waals surface area contributed by atoms with Gasteiger partial charge in [0.25, 0.3) is 0 Å². The lowest BCUT2D eigenvalue weighted by atomic mass is 9.93. The summed E-state index contributed by atoms with van der Waals surface area (Å²) in [5, 5.41) is 29.0. The maximum absolute atomic E-state index is 12.4. The average Bonchev–Trinajstić information content (AvgIpc) is 3.02. The fraction of sp³-hybridized carbons (Fsp3) is 0.348. The first-order valence-corrected chi connectivity index (χ1v) is 11.7. The van der Waals surface area contributed by atoms with Gasteiger partial charge in [-0.3, -0.25) is 4.98 Å². The summed E-state index contributed by atoms with van der Waals surface area (Å²) in [6, 6.07) is 12.4. The summed E-state index contributed by atoms with van der Waals surface area (Å²) in [6.07, 6.45) is 3.99. The summed E-state index contributed by atoms with van der Waals surface area (Å²) >= 11 is 0. The van der Waals surface area contributed by atoms with Crippen LogP contribution in [0.2, 0.25) is 0 Å². The standard InChI is InChI=1S/C23H27NO5S/c1-2-17-15-30(28,29)22(14-25)23(17)21(27)11-8-18(20-5-3-4-12-24-20)13-16-6-9-19(26)10-7-16/h3-7,9-10,12-13,21-22,25-27H,2,8,11,14-15H2,1H3/b18-13-/t21-,22+/m1/s1. The summed E-state index contributed by atoms with van der Waals surface area (Å²) < 4.78 is 24.7. The number of aliphatic hydroxyl groups is 2. The highest BCUT2D eigenvalue weighted by atomic mass is 32.2. The molecular formula is C23H27NO5S. The smallest absolute Gasteiger partial charge is 0.163 e. The van der Waals surface area contributed by atoms with Crippen molar-refractivity contribution >= 4 is 21.5 Å². The Kier molecular flexibility index (Phi) is 7.07. The van der Waals surface area contributed by atoms with Gasteiger partial charge in [0.1, 0.15) is 11.0 Å². The third-order valence-corrected chi connectivity index (χ3v) is 7.45. The van der Waals surface area contributed by atoms with E-state index in [1.54, 1.807) is 30.5 Å². The van der Waals surface area contributed by atoms with Crippen molar-refractivity contribution in [2.24, 2.45) is 0 Å². The summed E-state index contributed by atoms with van der Waals surface area (Å²) in [4.78, 5) is 4.41. The molecular weight excluding hydrogens is 402 g/mol. The number of phenols is 1. The van der Waals surface area contributed by atoms with Crippen LogP contribution in [0.25, 0.3) is 11.6 Å². The molecule has 1 aliphatic rings. The molecule has 0 amide bonds. The molecule has 0 saturated carbocycles. The second-order valence-electron chi connectivity index (χ2n) is 7.42. The van der Waals surface area contributed by atoms with Crippen molar-refractivity contribution < 1.29 is 23.7 Å². The number of pyridine rings is 1. The maximum Gasteiger partial charge on any atom is 0.163 e. The zero-order chi connectivity index (χ0) is 21.7. The van der Waals surface area contributed by atoms with Crippen LogP contribution in [0.5, 0.6) is 5.75 Å². The van der Waals surface area contributed by atoms with Gasteiger partial charge in [-0.05, 0) is 66.3 Å². The Hall–Kier alpha value is -2.48. The number of nitrogens with zero attached hydrogens (tertiary/aromatic N) is 1. The Morgan fingerprint density at radius 1 is 1.23 bits per heavy atom. The summed E-state index contributed by atoms with van der Waals surface area (Å²) in [5.41, 5.74) is 3.68. The normalized spacial score (nSPS) is 19.8. The van der Waals surface area contributed by atoms with Crippen molar-refractivity contribution in [3.05, 3.63) is 71.1 Å². The van der Waals surface area contributed by atoms with Crippen LogP contribution in [0.1, 0.15) is 37.4 Å². The second kappa shape index (κ2) is 9.55. The third-order valence-electron chi connectivity index (χ3n) is 5.43. The van der Waals surface area contributed by atoms with Crippen LogP contribution in [0.4, 0.5) is 0 Å². The zero-order valence-electron chi connectivity index (χ0n) is 16.9. The Bertz CT molecular complexity index is 1030. The predicted molar refractivity (Wildman–Crippen MR) is 117 cm³/mol. The van der Waals surface area contributed by atoms with E-state index in [4.69, 9.17) is 0 Å². The van der Waals surface area contributed by atoms with Gasteiger partial charge in [-0.1, -0.05) is 30.7 Å². The number of allylic oxidation sites excluding steroid dienone is 1. The fourth-order valence-corrected chi connectivity index (χ4v) is 5.86. The number of aliphatic hydroxyl groups excluding tert-OH is 2. The number of hydrogen-bond donors (Lipinski definition) is 3. The highest BCUT2D eigenvalue weighted by Gasteiger charge is 2.40. The molecule has 3 N–H and O–H groups in total. The highest BCUT2D eigenvalue weighted by Crippen LogP contribution is 2.34. The molecule has 0 saturated heterocycles. The third kappa shape index (κ3) is 4.98. The molecule has 0 unspecified atom stereocenters. The van der Waals surface area contributed by atoms with E-state index in [1.807, 2.05) is 31.2 Å². The van der Waals surface area contributed by atoms with Crippen LogP contribution in [0.15, 0.2) is 59.8 Å². The minimum atomic E-state index is -3.47. The molecule has 2 atom stereocenters. The van der Waals surface area contributed by atoms with E-state index in [0.717, 1.165) is 16.8 Å². The molecule has 0 bridgehead atoms. The van der Waals surface area contributed by atoms with Gasteiger partial charge >= 0.3 is 0 Å². The van der Waals surface area contributed by atoms with Crippen molar-refractivity contribution in [3.63, 3.8) is 0 Å². The van der Waals surface area contributed by atoms with E-state index in [0.29, 0.717) is 30.4 Å². The minimum absolute atomic E-state index is 0.0996. The zero-order valence-corrected chi connectivity index (χ0v) is 17.7. The molecule has 2 aromatic rings. The van der Waals surface area contributed by atoms with Gasteiger partial charge in [0.15, 0.2) is 9.84 Å². The number of aromatic hydroxyl groups is 1. The van der Waals surface area contributed by atoms with Crippen LogP contribution in [0.3, 0.4) is 0 Å². The fourth-order valence-electron chi connectivity index (χ4n) is 3.86. The number of sulfone groups is 1. The van der Waals surface area contributed by atoms with E-state index in [2.05, 4.69) is 4.98 Å². The largest absolute Gasteiger partial charge is 0.508 e. The Balaban J connectivity index is 1.86. The average molecular weight is 430 g/mol. The Morgan fingerprint density at radius 3 is 2.57 bits per heavy atom. The van der Waals surface area contributed by atoms with Crippen LogP contribution in [-0.4, -0.2) is 52.4 Å². The molecule has 1 aromatic carbocycles. The Morgan fingerprint density at radius 2 is 1.97 bits per heavy atom. The molecule has 1 aromatic heterocycles. The van der Waals surface area contributed by atoms with Crippen LogP contribution in [-0.2, 0) is 9.84 Å².